The van der Waals surface area contributed by atoms with Crippen LogP contribution in [0.3, 0.4) is 0 Å². The number of benzene rings is 3. The summed E-state index contributed by atoms with van der Waals surface area (Å²) < 4.78 is 22.6. The Labute approximate surface area is 224 Å². The van der Waals surface area contributed by atoms with Crippen molar-refractivity contribution in [2.45, 2.75) is 24.8 Å². The van der Waals surface area contributed by atoms with E-state index in [1.54, 1.807) is 31.2 Å². The normalized spacial score (nSPS) is 10.5. The predicted octanol–water partition coefficient (Wildman–Crippen LogP) is 3.19. The van der Waals surface area contributed by atoms with Gasteiger partial charge in [-0.15, -0.1) is 0 Å². The van der Waals surface area contributed by atoms with E-state index in [0.29, 0.717) is 22.5 Å². The number of primary sulfonamides is 1. The lowest BCUT2D eigenvalue weighted by molar-refractivity contribution is -0.120. The Hall–Kier alpha value is -3.97. The van der Waals surface area contributed by atoms with Gasteiger partial charge in [0.1, 0.15) is 0 Å². The highest BCUT2D eigenvalue weighted by molar-refractivity contribution is 7.89. The summed E-state index contributed by atoms with van der Waals surface area (Å²) in [6.45, 7) is 2.08. The first kappa shape index (κ1) is 30.3. The summed E-state index contributed by atoms with van der Waals surface area (Å²) in [6.07, 6.45) is -0.136. The number of hydrogen-bond donors (Lipinski definition) is 6. The van der Waals surface area contributed by atoms with Gasteiger partial charge in [-0.1, -0.05) is 29.8 Å². The fourth-order valence-corrected chi connectivity index (χ4v) is 3.81. The minimum atomic E-state index is -3.83. The largest absolute Gasteiger partial charge is 0.478 e. The molecule has 13 heteroatoms. The van der Waals surface area contributed by atoms with E-state index < -0.39 is 22.0 Å². The van der Waals surface area contributed by atoms with Crippen molar-refractivity contribution in [1.82, 2.24) is 5.32 Å². The minimum Gasteiger partial charge on any atom is -0.478 e. The molecule has 7 N–H and O–H groups in total. The number of aliphatic hydroxyl groups excluding tert-OH is 1. The van der Waals surface area contributed by atoms with Gasteiger partial charge in [0, 0.05) is 29.5 Å². The number of sulfonamides is 1. The lowest BCUT2D eigenvalue weighted by Crippen LogP contribution is -2.25. The van der Waals surface area contributed by atoms with E-state index in [0.717, 1.165) is 0 Å². The van der Waals surface area contributed by atoms with Gasteiger partial charge in [0.25, 0.3) is 0 Å². The van der Waals surface area contributed by atoms with Crippen LogP contribution in [0, 0.1) is 0 Å². The topological polar surface area (TPSA) is 188 Å². The Morgan fingerprint density at radius 3 is 2.18 bits per heavy atom. The summed E-state index contributed by atoms with van der Waals surface area (Å²) in [7, 11) is -3.83. The van der Waals surface area contributed by atoms with Gasteiger partial charge in [0.05, 0.1) is 16.9 Å². The summed E-state index contributed by atoms with van der Waals surface area (Å²) in [5.41, 5.74) is 1.82. The first-order chi connectivity index (χ1) is 17.9. The number of urea groups is 1. The van der Waals surface area contributed by atoms with Crippen LogP contribution in [-0.4, -0.2) is 43.1 Å². The molecule has 202 valence electrons. The predicted molar refractivity (Wildman–Crippen MR) is 144 cm³/mol. The zero-order chi connectivity index (χ0) is 28.3. The molecule has 0 atom stereocenters. The number of rotatable bonds is 8. The minimum absolute atomic E-state index is 0.0378. The van der Waals surface area contributed by atoms with Crippen LogP contribution in [0.15, 0.2) is 71.6 Å². The summed E-state index contributed by atoms with van der Waals surface area (Å²) in [5.74, 6) is -1.55. The lowest BCUT2D eigenvalue weighted by atomic mass is 10.0. The van der Waals surface area contributed by atoms with Gasteiger partial charge in [-0.3, -0.25) is 4.79 Å². The maximum Gasteiger partial charge on any atom is 0.336 e. The number of nitrogens with one attached hydrogen (secondary N) is 3. The number of aliphatic hydroxyl groups is 1. The first-order valence-electron chi connectivity index (χ1n) is 11.1. The van der Waals surface area contributed by atoms with Crippen molar-refractivity contribution in [2.75, 3.05) is 17.2 Å². The molecule has 0 bridgehead atoms. The van der Waals surface area contributed by atoms with E-state index in [1.165, 1.54) is 42.5 Å². The number of carboxylic acids is 1. The second kappa shape index (κ2) is 14.1. The Bertz CT molecular complexity index is 1400. The molecule has 0 aromatic heterocycles. The highest BCUT2D eigenvalue weighted by atomic mass is 35.5. The number of hydrogen-bond acceptors (Lipinski definition) is 6. The molecule has 3 amide bonds. The smallest absolute Gasteiger partial charge is 0.336 e. The van der Waals surface area contributed by atoms with Crippen LogP contribution in [-0.2, 0) is 27.8 Å². The van der Waals surface area contributed by atoms with Gasteiger partial charge in [-0.25, -0.2) is 23.1 Å². The number of carbonyl (C=O) groups is 3. The van der Waals surface area contributed by atoms with Crippen LogP contribution >= 0.6 is 11.6 Å². The molecule has 38 heavy (non-hydrogen) atoms. The molecule has 0 radical (unpaired) electrons. The number of anilines is 2. The average molecular weight is 563 g/mol. The molecule has 0 fully saturated rings. The van der Waals surface area contributed by atoms with E-state index in [-0.39, 0.29) is 41.0 Å². The number of halogens is 1. The van der Waals surface area contributed by atoms with Crippen LogP contribution in [0.4, 0.5) is 16.2 Å². The van der Waals surface area contributed by atoms with Crippen molar-refractivity contribution in [3.8, 4) is 0 Å². The van der Waals surface area contributed by atoms with Crippen molar-refractivity contribution >= 4 is 50.9 Å². The van der Waals surface area contributed by atoms with Crippen molar-refractivity contribution in [1.29, 1.82) is 0 Å². The third kappa shape index (κ3) is 9.82. The van der Waals surface area contributed by atoms with Crippen LogP contribution in [0.1, 0.15) is 28.4 Å². The molecule has 3 rings (SSSR count). The van der Waals surface area contributed by atoms with Crippen molar-refractivity contribution in [3.63, 3.8) is 0 Å². The zero-order valence-corrected chi connectivity index (χ0v) is 21.8. The Morgan fingerprint density at radius 1 is 0.947 bits per heavy atom. The maximum atomic E-state index is 12.3. The second-order valence-corrected chi connectivity index (χ2v) is 9.72. The fourth-order valence-electron chi connectivity index (χ4n) is 3.12. The molecule has 0 unspecified atom stereocenters. The van der Waals surface area contributed by atoms with Crippen molar-refractivity contribution < 1.29 is 33.0 Å². The molecular weight excluding hydrogens is 536 g/mol. The summed E-state index contributed by atoms with van der Waals surface area (Å²) in [4.78, 5) is 35.9. The Balaban J connectivity index is 0.00000161. The quantitative estimate of drug-likeness (QED) is 0.243. The number of carboxylic acid groups (broad SMARTS) is 1. The monoisotopic (exact) mass is 562 g/mol. The first-order valence-corrected chi connectivity index (χ1v) is 13.0. The molecule has 3 aromatic carbocycles. The molecule has 0 aliphatic carbocycles. The van der Waals surface area contributed by atoms with Crippen molar-refractivity contribution in [3.05, 3.63) is 88.4 Å². The van der Waals surface area contributed by atoms with Crippen LogP contribution < -0.4 is 21.1 Å². The average Bonchev–Trinajstić information content (AvgIpc) is 2.84. The van der Waals surface area contributed by atoms with Crippen molar-refractivity contribution in [2.24, 2.45) is 5.14 Å². The highest BCUT2D eigenvalue weighted by Crippen LogP contribution is 2.18. The van der Waals surface area contributed by atoms with Gasteiger partial charge in [-0.05, 0) is 66.6 Å². The SMILES string of the molecule is CCO.NS(=O)(=O)c1ccc(NC(=O)Nc2cccc(CNC(=O)Cc3ccc(Cl)cc3C(=O)O)c2)cc1. The van der Waals surface area contributed by atoms with Gasteiger partial charge in [0.2, 0.25) is 15.9 Å². The molecule has 11 nitrogen and oxygen atoms in total. The van der Waals surface area contributed by atoms with E-state index in [2.05, 4.69) is 16.0 Å². The number of nitrogens with two attached hydrogens (primary N) is 1. The van der Waals surface area contributed by atoms with Crippen LogP contribution in [0.25, 0.3) is 0 Å². The molecule has 0 saturated heterocycles. The van der Waals surface area contributed by atoms with Gasteiger partial charge in [-0.2, -0.15) is 0 Å². The molecule has 0 spiro atoms. The highest BCUT2D eigenvalue weighted by Gasteiger charge is 2.14. The number of amides is 3. The third-order valence-electron chi connectivity index (χ3n) is 4.77. The third-order valence-corrected chi connectivity index (χ3v) is 5.93. The molecule has 0 heterocycles. The number of carbonyl (C=O) groups excluding carboxylic acids is 2. The van der Waals surface area contributed by atoms with Crippen LogP contribution in [0.2, 0.25) is 5.02 Å². The van der Waals surface area contributed by atoms with E-state index in [4.69, 9.17) is 21.8 Å². The Morgan fingerprint density at radius 2 is 1.58 bits per heavy atom. The molecule has 0 aliphatic heterocycles. The summed E-state index contributed by atoms with van der Waals surface area (Å²) in [5, 5.41) is 30.1. The van der Waals surface area contributed by atoms with Crippen LogP contribution in [0.5, 0.6) is 0 Å². The second-order valence-electron chi connectivity index (χ2n) is 7.73. The standard InChI is InChI=1S/C23H21ClN4O6S.C2H6O/c24-16-5-4-15(20(12-16)22(30)31)11-21(29)26-13-14-2-1-3-18(10-14)28-23(32)27-17-6-8-19(9-7-17)35(25,33)34;1-2-3/h1-10,12H,11,13H2,(H,26,29)(H,30,31)(H2,25,33,34)(H2,27,28,32);3H,2H2,1H3. The molecular formula is C25H27ClN4O7S. The number of aromatic carboxylic acids is 1. The molecule has 0 saturated carbocycles. The Kier molecular flexibility index (Phi) is 11.2. The summed E-state index contributed by atoms with van der Waals surface area (Å²) >= 11 is 5.83. The van der Waals surface area contributed by atoms with Gasteiger partial charge in [0.15, 0.2) is 0 Å². The lowest BCUT2D eigenvalue weighted by Gasteiger charge is -2.11. The van der Waals surface area contributed by atoms with Gasteiger partial charge >= 0.3 is 12.0 Å². The molecule has 3 aromatic rings. The van der Waals surface area contributed by atoms with E-state index >= 15 is 0 Å². The molecule has 0 aliphatic rings. The van der Waals surface area contributed by atoms with E-state index in [1.807, 2.05) is 0 Å². The fraction of sp³-hybridized carbons (Fsp3) is 0.160. The summed E-state index contributed by atoms with van der Waals surface area (Å²) in [6, 6.07) is 15.9. The van der Waals surface area contributed by atoms with Gasteiger partial charge < -0.3 is 26.2 Å². The maximum absolute atomic E-state index is 12.3. The van der Waals surface area contributed by atoms with E-state index in [9.17, 15) is 27.9 Å². The zero-order valence-electron chi connectivity index (χ0n) is 20.3.